The third-order valence-corrected chi connectivity index (χ3v) is 4.84. The Labute approximate surface area is 147 Å². The number of carbonyl (C=O) groups is 4. The van der Waals surface area contributed by atoms with E-state index in [0.717, 1.165) is 5.56 Å². The molecule has 6 nitrogen and oxygen atoms in total. The number of aromatic amines is 1. The van der Waals surface area contributed by atoms with E-state index in [1.54, 1.807) is 0 Å². The maximum atomic E-state index is 12.6. The quantitative estimate of drug-likeness (QED) is 0.667. The lowest BCUT2D eigenvalue weighted by Crippen LogP contribution is -2.43. The van der Waals surface area contributed by atoms with E-state index >= 15 is 0 Å². The molecule has 0 aliphatic carbocycles. The second-order valence-electron chi connectivity index (χ2n) is 7.09. The van der Waals surface area contributed by atoms with E-state index in [1.807, 2.05) is 32.3 Å². The Morgan fingerprint density at radius 2 is 2.04 bits per heavy atom. The first kappa shape index (κ1) is 19.1. The van der Waals surface area contributed by atoms with Gasteiger partial charge in [-0.15, -0.1) is 0 Å². The SMILES string of the molecule is CC(C)C(CC(=O)CCc1cc[nH]c1)C(=O)CC1CCNC(=O)C1=O. The molecule has 136 valence electrons. The summed E-state index contributed by atoms with van der Waals surface area (Å²) >= 11 is 0. The van der Waals surface area contributed by atoms with Crippen LogP contribution in [0.4, 0.5) is 0 Å². The molecular formula is C19H26N2O4. The molecular weight excluding hydrogens is 320 g/mol. The van der Waals surface area contributed by atoms with Crippen LogP contribution in [0.2, 0.25) is 0 Å². The van der Waals surface area contributed by atoms with Crippen LogP contribution in [0.25, 0.3) is 0 Å². The van der Waals surface area contributed by atoms with Gasteiger partial charge in [0.2, 0.25) is 5.78 Å². The summed E-state index contributed by atoms with van der Waals surface area (Å²) in [6.07, 6.45) is 5.48. The minimum atomic E-state index is -0.604. The lowest BCUT2D eigenvalue weighted by molar-refractivity contribution is -0.143. The molecule has 25 heavy (non-hydrogen) atoms. The van der Waals surface area contributed by atoms with Crippen molar-refractivity contribution in [2.45, 2.75) is 46.0 Å². The minimum absolute atomic E-state index is 0.0243. The highest BCUT2D eigenvalue weighted by molar-refractivity contribution is 6.37. The van der Waals surface area contributed by atoms with E-state index in [0.29, 0.717) is 25.8 Å². The number of nitrogens with one attached hydrogen (secondary N) is 2. The number of carbonyl (C=O) groups excluding carboxylic acids is 4. The molecule has 0 radical (unpaired) electrons. The molecule has 2 heterocycles. The van der Waals surface area contributed by atoms with Crippen LogP contribution in [0.1, 0.15) is 45.1 Å². The first-order valence-electron chi connectivity index (χ1n) is 8.86. The zero-order chi connectivity index (χ0) is 18.4. The maximum absolute atomic E-state index is 12.6. The van der Waals surface area contributed by atoms with Gasteiger partial charge in [-0.25, -0.2) is 0 Å². The summed E-state index contributed by atoms with van der Waals surface area (Å²) in [6, 6.07) is 1.93. The standard InChI is InChI=1S/C19H26N2O4/c1-12(2)16(10-15(22)4-3-13-5-7-20-11-13)17(23)9-14-6-8-21-19(25)18(14)24/h5,7,11-12,14,16,20H,3-4,6,8-10H2,1-2H3,(H,21,25). The Morgan fingerprint density at radius 1 is 1.28 bits per heavy atom. The van der Waals surface area contributed by atoms with Gasteiger partial charge in [-0.2, -0.15) is 0 Å². The molecule has 1 aliphatic rings. The molecule has 1 aliphatic heterocycles. The average Bonchev–Trinajstić information content (AvgIpc) is 3.08. The summed E-state index contributed by atoms with van der Waals surface area (Å²) in [7, 11) is 0. The maximum Gasteiger partial charge on any atom is 0.287 e. The molecule has 0 saturated carbocycles. The number of piperidine rings is 1. The summed E-state index contributed by atoms with van der Waals surface area (Å²) in [6.45, 7) is 4.25. The molecule has 2 rings (SSSR count). The third kappa shape index (κ3) is 5.37. The van der Waals surface area contributed by atoms with Crippen LogP contribution in [-0.4, -0.2) is 34.8 Å². The van der Waals surface area contributed by atoms with Crippen LogP contribution in [0.5, 0.6) is 0 Å². The van der Waals surface area contributed by atoms with Gasteiger partial charge >= 0.3 is 0 Å². The van der Waals surface area contributed by atoms with Gasteiger partial charge in [0.25, 0.3) is 5.91 Å². The first-order chi connectivity index (χ1) is 11.9. The van der Waals surface area contributed by atoms with Crippen LogP contribution in [0.3, 0.4) is 0 Å². The van der Waals surface area contributed by atoms with Gasteiger partial charge in [0, 0.05) is 50.0 Å². The van der Waals surface area contributed by atoms with Gasteiger partial charge in [0.05, 0.1) is 0 Å². The van der Waals surface area contributed by atoms with Crippen molar-refractivity contribution in [1.29, 1.82) is 0 Å². The monoisotopic (exact) mass is 346 g/mol. The van der Waals surface area contributed by atoms with Crippen molar-refractivity contribution in [2.24, 2.45) is 17.8 Å². The fraction of sp³-hybridized carbons (Fsp3) is 0.579. The molecule has 1 aromatic rings. The van der Waals surface area contributed by atoms with Crippen molar-refractivity contribution in [3.8, 4) is 0 Å². The number of hydrogen-bond donors (Lipinski definition) is 2. The van der Waals surface area contributed by atoms with Crippen LogP contribution in [0, 0.1) is 17.8 Å². The van der Waals surface area contributed by atoms with E-state index in [9.17, 15) is 19.2 Å². The number of rotatable bonds is 9. The summed E-state index contributed by atoms with van der Waals surface area (Å²) in [5.74, 6) is -2.06. The lowest BCUT2D eigenvalue weighted by atomic mass is 9.80. The number of ketones is 3. The van der Waals surface area contributed by atoms with Gasteiger partial charge in [-0.3, -0.25) is 19.2 Å². The fourth-order valence-corrected chi connectivity index (χ4v) is 3.22. The average molecular weight is 346 g/mol. The van der Waals surface area contributed by atoms with Crippen molar-refractivity contribution in [2.75, 3.05) is 6.54 Å². The van der Waals surface area contributed by atoms with Crippen molar-refractivity contribution in [1.82, 2.24) is 10.3 Å². The van der Waals surface area contributed by atoms with Gasteiger partial charge in [0.15, 0.2) is 0 Å². The van der Waals surface area contributed by atoms with Crippen molar-refractivity contribution in [3.63, 3.8) is 0 Å². The topological polar surface area (TPSA) is 96.1 Å². The summed E-state index contributed by atoms with van der Waals surface area (Å²) < 4.78 is 0. The first-order valence-corrected chi connectivity index (χ1v) is 8.86. The van der Waals surface area contributed by atoms with Gasteiger partial charge < -0.3 is 10.3 Å². The molecule has 1 aromatic heterocycles. The van der Waals surface area contributed by atoms with Gasteiger partial charge in [0.1, 0.15) is 11.6 Å². The summed E-state index contributed by atoms with van der Waals surface area (Å²) in [5, 5.41) is 2.49. The number of H-pyrrole nitrogens is 1. The van der Waals surface area contributed by atoms with Gasteiger partial charge in [-0.1, -0.05) is 13.8 Å². The molecule has 1 fully saturated rings. The van der Waals surface area contributed by atoms with Crippen molar-refractivity contribution >= 4 is 23.3 Å². The molecule has 6 heteroatoms. The number of Topliss-reactive ketones (excluding diaryl/α,β-unsaturated/α-hetero) is 3. The largest absolute Gasteiger partial charge is 0.367 e. The van der Waals surface area contributed by atoms with E-state index in [-0.39, 0.29) is 30.3 Å². The normalized spacial score (nSPS) is 18.9. The Balaban J connectivity index is 1.90. The van der Waals surface area contributed by atoms with Crippen LogP contribution < -0.4 is 5.32 Å². The van der Waals surface area contributed by atoms with E-state index in [2.05, 4.69) is 10.3 Å². The van der Waals surface area contributed by atoms with Crippen molar-refractivity contribution in [3.05, 3.63) is 24.0 Å². The van der Waals surface area contributed by atoms with Crippen LogP contribution >= 0.6 is 0 Å². The molecule has 2 N–H and O–H groups in total. The number of hydrogen-bond acceptors (Lipinski definition) is 4. The highest BCUT2D eigenvalue weighted by Crippen LogP contribution is 2.24. The summed E-state index contributed by atoms with van der Waals surface area (Å²) in [5.41, 5.74) is 1.07. The van der Waals surface area contributed by atoms with Gasteiger partial charge in [-0.05, 0) is 30.4 Å². The predicted octanol–water partition coefficient (Wildman–Crippen LogP) is 1.84. The molecule has 1 amide bonds. The second kappa shape index (κ2) is 8.74. The third-order valence-electron chi connectivity index (χ3n) is 4.84. The van der Waals surface area contributed by atoms with Crippen LogP contribution in [-0.2, 0) is 25.6 Å². The minimum Gasteiger partial charge on any atom is -0.367 e. The van der Waals surface area contributed by atoms with Crippen LogP contribution in [0.15, 0.2) is 18.5 Å². The predicted molar refractivity (Wildman–Crippen MR) is 92.8 cm³/mol. The lowest BCUT2D eigenvalue weighted by Gasteiger charge is -2.24. The highest BCUT2D eigenvalue weighted by Gasteiger charge is 2.34. The second-order valence-corrected chi connectivity index (χ2v) is 7.09. The zero-order valence-electron chi connectivity index (χ0n) is 14.8. The Kier molecular flexibility index (Phi) is 6.67. The summed E-state index contributed by atoms with van der Waals surface area (Å²) in [4.78, 5) is 51.2. The number of amides is 1. The van der Waals surface area contributed by atoms with E-state index < -0.39 is 23.5 Å². The molecule has 2 unspecified atom stereocenters. The van der Waals surface area contributed by atoms with Crippen molar-refractivity contribution < 1.29 is 19.2 Å². The smallest absolute Gasteiger partial charge is 0.287 e. The Morgan fingerprint density at radius 3 is 2.68 bits per heavy atom. The highest BCUT2D eigenvalue weighted by atomic mass is 16.2. The molecule has 0 spiro atoms. The Hall–Kier alpha value is -2.24. The Bertz CT molecular complexity index is 634. The molecule has 1 saturated heterocycles. The number of aryl methyl sites for hydroxylation is 1. The van der Waals surface area contributed by atoms with E-state index in [1.165, 1.54) is 0 Å². The fourth-order valence-electron chi connectivity index (χ4n) is 3.22. The molecule has 2 atom stereocenters. The number of aromatic nitrogens is 1. The molecule has 0 bridgehead atoms. The molecule has 0 aromatic carbocycles. The zero-order valence-corrected chi connectivity index (χ0v) is 14.8. The van der Waals surface area contributed by atoms with E-state index in [4.69, 9.17) is 0 Å².